The van der Waals surface area contributed by atoms with Gasteiger partial charge in [0, 0.05) is 17.8 Å². The Morgan fingerprint density at radius 3 is 2.62 bits per heavy atom. The first-order valence-electron chi connectivity index (χ1n) is 5.63. The van der Waals surface area contributed by atoms with Crippen LogP contribution in [0, 0.1) is 6.92 Å². The number of likely N-dealkylation sites (N-methyl/N-ethyl adjacent to an activating group) is 1. The molecular weight excluding hydrogens is 220 g/mol. The molecule has 1 unspecified atom stereocenters. The number of rotatable bonds is 5. The molecule has 1 aromatic rings. The van der Waals surface area contributed by atoms with Gasteiger partial charge in [0.15, 0.2) is 0 Å². The molecule has 1 atom stereocenters. The van der Waals surface area contributed by atoms with Crippen LogP contribution >= 0.6 is 11.3 Å². The van der Waals surface area contributed by atoms with E-state index in [1.807, 2.05) is 14.0 Å². The summed E-state index contributed by atoms with van der Waals surface area (Å²) in [4.78, 5) is 4.47. The first-order valence-corrected chi connectivity index (χ1v) is 6.51. The molecule has 0 saturated carbocycles. The lowest BCUT2D eigenvalue weighted by molar-refractivity contribution is -0.0135. The maximum Gasteiger partial charge on any atom is 0.0897 e. The molecule has 4 heteroatoms. The van der Waals surface area contributed by atoms with E-state index in [9.17, 15) is 0 Å². The van der Waals surface area contributed by atoms with Gasteiger partial charge < -0.3 is 10.1 Å². The number of aryl methyl sites for hydroxylation is 1. The van der Waals surface area contributed by atoms with E-state index in [4.69, 9.17) is 4.74 Å². The lowest BCUT2D eigenvalue weighted by atomic mass is 10.1. The molecule has 1 aromatic heterocycles. The van der Waals surface area contributed by atoms with Gasteiger partial charge in [0.05, 0.1) is 22.9 Å². The molecular formula is C12H22N2OS. The zero-order valence-electron chi connectivity index (χ0n) is 10.8. The Hall–Kier alpha value is -0.450. The van der Waals surface area contributed by atoms with E-state index < -0.39 is 0 Å². The van der Waals surface area contributed by atoms with Gasteiger partial charge in [-0.2, -0.15) is 0 Å². The van der Waals surface area contributed by atoms with Crippen LogP contribution in [-0.4, -0.2) is 30.3 Å². The zero-order valence-corrected chi connectivity index (χ0v) is 11.6. The predicted octanol–water partition coefficient (Wildman–Crippen LogP) is 2.40. The number of nitrogens with one attached hydrogen (secondary N) is 1. The molecule has 1 N–H and O–H groups in total. The van der Waals surface area contributed by atoms with E-state index in [1.54, 1.807) is 11.3 Å². The van der Waals surface area contributed by atoms with Gasteiger partial charge in [-0.3, -0.25) is 0 Å². The van der Waals surface area contributed by atoms with Crippen molar-refractivity contribution in [3.63, 3.8) is 0 Å². The van der Waals surface area contributed by atoms with Crippen molar-refractivity contribution in [2.75, 3.05) is 13.7 Å². The van der Waals surface area contributed by atoms with E-state index in [1.165, 1.54) is 0 Å². The van der Waals surface area contributed by atoms with Crippen LogP contribution in [-0.2, 0) is 11.2 Å². The lowest BCUT2D eigenvalue weighted by Crippen LogP contribution is -2.36. The van der Waals surface area contributed by atoms with E-state index >= 15 is 0 Å². The van der Waals surface area contributed by atoms with Crippen LogP contribution in [0.3, 0.4) is 0 Å². The second-order valence-corrected chi connectivity index (χ2v) is 6.03. The normalized spacial score (nSPS) is 14.1. The second-order valence-electron chi connectivity index (χ2n) is 4.97. The number of ether oxygens (including phenoxy) is 1. The highest BCUT2D eigenvalue weighted by Gasteiger charge is 2.15. The van der Waals surface area contributed by atoms with Crippen LogP contribution in [0.4, 0.5) is 0 Å². The molecule has 0 aromatic carbocycles. The first-order chi connectivity index (χ1) is 7.40. The predicted molar refractivity (Wildman–Crippen MR) is 69.1 cm³/mol. The Labute approximate surface area is 102 Å². The molecule has 0 aliphatic heterocycles. The molecule has 3 nitrogen and oxygen atoms in total. The molecule has 0 saturated heterocycles. The molecule has 0 bridgehead atoms. The molecule has 0 fully saturated rings. The third kappa shape index (κ3) is 5.05. The highest BCUT2D eigenvalue weighted by Crippen LogP contribution is 2.12. The third-order valence-corrected chi connectivity index (χ3v) is 3.07. The molecule has 1 rings (SSSR count). The van der Waals surface area contributed by atoms with Gasteiger partial charge in [-0.25, -0.2) is 4.98 Å². The number of hydrogen-bond donors (Lipinski definition) is 1. The van der Waals surface area contributed by atoms with Crippen molar-refractivity contribution >= 4 is 11.3 Å². The van der Waals surface area contributed by atoms with Gasteiger partial charge in [0.2, 0.25) is 0 Å². The largest absolute Gasteiger partial charge is 0.374 e. The van der Waals surface area contributed by atoms with Crippen LogP contribution in [0.2, 0.25) is 0 Å². The number of thiazole rings is 1. The van der Waals surface area contributed by atoms with Crippen LogP contribution in [0.5, 0.6) is 0 Å². The molecule has 0 spiro atoms. The first kappa shape index (κ1) is 13.6. The summed E-state index contributed by atoms with van der Waals surface area (Å²) in [6.07, 6.45) is 0.928. The Kier molecular flexibility index (Phi) is 4.89. The van der Waals surface area contributed by atoms with Crippen molar-refractivity contribution in [2.45, 2.75) is 45.8 Å². The van der Waals surface area contributed by atoms with Crippen molar-refractivity contribution in [3.8, 4) is 0 Å². The summed E-state index contributed by atoms with van der Waals surface area (Å²) < 4.78 is 5.77. The average molecular weight is 242 g/mol. The van der Waals surface area contributed by atoms with Crippen molar-refractivity contribution in [1.29, 1.82) is 0 Å². The maximum absolute atomic E-state index is 5.77. The van der Waals surface area contributed by atoms with Gasteiger partial charge in [-0.05, 0) is 34.7 Å². The van der Waals surface area contributed by atoms with Crippen LogP contribution in [0.1, 0.15) is 31.5 Å². The fourth-order valence-corrected chi connectivity index (χ4v) is 1.97. The highest BCUT2D eigenvalue weighted by atomic mass is 32.1. The van der Waals surface area contributed by atoms with Gasteiger partial charge in [-0.1, -0.05) is 0 Å². The molecule has 0 aliphatic carbocycles. The van der Waals surface area contributed by atoms with Gasteiger partial charge in [0.25, 0.3) is 0 Å². The summed E-state index contributed by atoms with van der Waals surface area (Å²) in [5.41, 5.74) is 1.08. The quantitative estimate of drug-likeness (QED) is 0.861. The van der Waals surface area contributed by atoms with Gasteiger partial charge >= 0.3 is 0 Å². The Balaban J connectivity index is 2.43. The van der Waals surface area contributed by atoms with Crippen molar-refractivity contribution < 1.29 is 4.74 Å². The number of hydrogen-bond acceptors (Lipinski definition) is 4. The summed E-state index contributed by atoms with van der Waals surface area (Å²) in [5.74, 6) is 0. The SMILES string of the molecule is CNC(COC(C)(C)C)Cc1csc(C)n1. The molecule has 92 valence electrons. The minimum Gasteiger partial charge on any atom is -0.374 e. The van der Waals surface area contributed by atoms with E-state index in [-0.39, 0.29) is 5.60 Å². The fraction of sp³-hybridized carbons (Fsp3) is 0.750. The summed E-state index contributed by atoms with van der Waals surface area (Å²) >= 11 is 1.70. The number of nitrogens with zero attached hydrogens (tertiary/aromatic N) is 1. The van der Waals surface area contributed by atoms with E-state index in [0.717, 1.165) is 23.7 Å². The molecule has 0 radical (unpaired) electrons. The molecule has 0 aliphatic rings. The Morgan fingerprint density at radius 2 is 2.19 bits per heavy atom. The van der Waals surface area contributed by atoms with Crippen molar-refractivity contribution in [3.05, 3.63) is 16.1 Å². The van der Waals surface area contributed by atoms with Gasteiger partial charge in [0.1, 0.15) is 0 Å². The minimum absolute atomic E-state index is 0.0763. The van der Waals surface area contributed by atoms with Gasteiger partial charge in [-0.15, -0.1) is 11.3 Å². The molecule has 1 heterocycles. The summed E-state index contributed by atoms with van der Waals surface area (Å²) in [6.45, 7) is 8.98. The maximum atomic E-state index is 5.77. The monoisotopic (exact) mass is 242 g/mol. The Morgan fingerprint density at radius 1 is 1.50 bits per heavy atom. The van der Waals surface area contributed by atoms with Crippen LogP contribution in [0.15, 0.2) is 5.38 Å². The Bertz CT molecular complexity index is 317. The van der Waals surface area contributed by atoms with Crippen LogP contribution in [0.25, 0.3) is 0 Å². The topological polar surface area (TPSA) is 34.1 Å². The van der Waals surface area contributed by atoms with E-state index in [0.29, 0.717) is 6.04 Å². The van der Waals surface area contributed by atoms with Crippen molar-refractivity contribution in [2.24, 2.45) is 0 Å². The average Bonchev–Trinajstić information content (AvgIpc) is 2.57. The van der Waals surface area contributed by atoms with E-state index in [2.05, 4.69) is 36.5 Å². The molecule has 0 amide bonds. The third-order valence-electron chi connectivity index (χ3n) is 2.25. The summed E-state index contributed by atoms with van der Waals surface area (Å²) in [7, 11) is 1.97. The molecule has 16 heavy (non-hydrogen) atoms. The minimum atomic E-state index is -0.0763. The fourth-order valence-electron chi connectivity index (χ4n) is 1.35. The zero-order chi connectivity index (χ0) is 12.2. The summed E-state index contributed by atoms with van der Waals surface area (Å²) in [5, 5.41) is 6.52. The highest BCUT2D eigenvalue weighted by molar-refractivity contribution is 7.09. The smallest absolute Gasteiger partial charge is 0.0897 e. The van der Waals surface area contributed by atoms with Crippen molar-refractivity contribution in [1.82, 2.24) is 10.3 Å². The number of aromatic nitrogens is 1. The summed E-state index contributed by atoms with van der Waals surface area (Å²) in [6, 6.07) is 0.334. The standard InChI is InChI=1S/C12H22N2OS/c1-9-14-11(8-16-9)6-10(13-5)7-15-12(2,3)4/h8,10,13H,6-7H2,1-5H3. The second kappa shape index (κ2) is 5.75. The van der Waals surface area contributed by atoms with Crippen LogP contribution < -0.4 is 5.32 Å². The lowest BCUT2D eigenvalue weighted by Gasteiger charge is -2.23.